The largest absolute Gasteiger partial charge is 0.463 e. The number of carbonyl (C=O) groups is 6. The van der Waals surface area contributed by atoms with Gasteiger partial charge in [0.15, 0.2) is 31.1 Å². The van der Waals surface area contributed by atoms with Crippen molar-refractivity contribution in [2.75, 3.05) is 139 Å². The number of esters is 4. The van der Waals surface area contributed by atoms with Crippen LogP contribution in [0.1, 0.15) is 83.5 Å². The van der Waals surface area contributed by atoms with E-state index in [0.717, 1.165) is 0 Å². The molecule has 3 saturated heterocycles. The summed E-state index contributed by atoms with van der Waals surface area (Å²) in [5, 5.41) is 43.8. The molecule has 2 aromatic rings. The molecule has 15 atom stereocenters. The number of hydrogen-bond donors (Lipinski definition) is 8. The van der Waals surface area contributed by atoms with E-state index in [9.17, 15) is 44.1 Å². The van der Waals surface area contributed by atoms with E-state index in [0.29, 0.717) is 103 Å². The summed E-state index contributed by atoms with van der Waals surface area (Å²) in [7, 11) is 0. The minimum Gasteiger partial charge on any atom is -0.463 e. The Morgan fingerprint density at radius 3 is 1.12 bits per heavy atom. The van der Waals surface area contributed by atoms with Gasteiger partial charge in [0, 0.05) is 70.3 Å². The molecule has 93 heavy (non-hydrogen) atoms. The van der Waals surface area contributed by atoms with Crippen molar-refractivity contribution in [2.45, 2.75) is 131 Å². The fraction of sp³-hybridized carbons (Fsp3) is 0.714. The molecular weight excluding hydrogens is 1230 g/mol. The molecule has 0 aromatic heterocycles. The van der Waals surface area contributed by atoms with E-state index in [1.54, 1.807) is 36.4 Å². The first-order chi connectivity index (χ1) is 43.7. The third-order valence-corrected chi connectivity index (χ3v) is 14.4. The first kappa shape index (κ1) is 85.6. The second kappa shape index (κ2) is 50.0. The molecule has 3 aliphatic heterocycles. The Labute approximate surface area is 546 Å². The monoisotopic (exact) mass is 1330 g/mol. The van der Waals surface area contributed by atoms with Crippen molar-refractivity contribution in [1.29, 1.82) is 0 Å². The highest BCUT2D eigenvalue weighted by atomic mass is 16.7. The van der Waals surface area contributed by atoms with Crippen LogP contribution in [0.5, 0.6) is 0 Å². The van der Waals surface area contributed by atoms with Gasteiger partial charge in [-0.25, -0.2) is 0 Å². The molecule has 30 nitrogen and oxygen atoms in total. The predicted molar refractivity (Wildman–Crippen MR) is 333 cm³/mol. The van der Waals surface area contributed by atoms with Crippen molar-refractivity contribution in [3.63, 3.8) is 0 Å². The van der Waals surface area contributed by atoms with Crippen LogP contribution in [0.25, 0.3) is 0 Å². The molecule has 3 aliphatic rings. The van der Waals surface area contributed by atoms with Gasteiger partial charge < -0.3 is 119 Å². The average molecular weight is 1340 g/mol. The lowest BCUT2D eigenvalue weighted by Crippen LogP contribution is -2.59. The number of nitrogens with two attached hydrogens (primary N) is 1. The molecule has 534 valence electrons. The number of aliphatic hydroxyl groups excluding tert-OH is 4. The molecule has 0 bridgehead atoms. The minimum atomic E-state index is -1.47. The Hall–Kier alpha value is -5.46. The highest BCUT2D eigenvalue weighted by molar-refractivity contribution is 5.94. The van der Waals surface area contributed by atoms with E-state index in [-0.39, 0.29) is 113 Å². The van der Waals surface area contributed by atoms with Crippen molar-refractivity contribution >= 4 is 35.7 Å². The van der Waals surface area contributed by atoms with Crippen molar-refractivity contribution in [3.8, 4) is 0 Å². The van der Waals surface area contributed by atoms with Crippen LogP contribution in [0.3, 0.4) is 0 Å². The van der Waals surface area contributed by atoms with Crippen LogP contribution >= 0.6 is 0 Å². The van der Waals surface area contributed by atoms with Gasteiger partial charge >= 0.3 is 23.9 Å². The minimum absolute atomic E-state index is 0. The number of hydrogen-bond acceptors (Lipinski definition) is 28. The van der Waals surface area contributed by atoms with Crippen LogP contribution < -0.4 is 22.5 Å². The molecule has 0 radical (unpaired) electrons. The highest BCUT2D eigenvalue weighted by Gasteiger charge is 2.47. The zero-order valence-electron chi connectivity index (χ0n) is 54.3. The van der Waals surface area contributed by atoms with E-state index in [1.807, 2.05) is 52.0 Å². The molecule has 2 aromatic carbocycles. The van der Waals surface area contributed by atoms with E-state index in [4.69, 9.17) is 86.6 Å². The lowest BCUT2D eigenvalue weighted by molar-refractivity contribution is -0.302. The predicted octanol–water partition coefficient (Wildman–Crippen LogP) is 1.51. The first-order valence-electron chi connectivity index (χ1n) is 30.6. The van der Waals surface area contributed by atoms with Gasteiger partial charge in [-0.05, 0) is 36.1 Å². The Bertz CT molecular complexity index is 2310. The molecule has 6 unspecified atom stereocenters. The summed E-state index contributed by atoms with van der Waals surface area (Å²) in [6.07, 6.45) is -9.87. The van der Waals surface area contributed by atoms with Gasteiger partial charge in [-0.2, -0.15) is 0 Å². The standard InChI is InChI=1S/C25H37NO9.C19H29NO9.C18H33NO8.CH4.H3N/c1-17-18(2)23(34-20(4)28)25(35-22(17)16-33-19(3)27)32-15-14-31-13-12-30-11-10-26-24(29)21-8-6-5-7-9-21;21-12-14-15(22)16(23)17(24)19(29-14)28-11-10-27-9-8-26-7-6-20-18(25)13-4-2-1-3-5-13;1-12-13(2)17(26-15(4)21)18(27-16(12)11-25-14(3)20)24-10-9-23-8-7-22-6-5-19;;/h5-9,17-18,22-23,25H,10-16H2,1-4H3,(H,26,29);1-5,14-17,19,21-24H,6-12H2,(H,20,25);12-13,16-18H,5-11,19H2,1-4H3;1H4;1H3/t17-,18-,22?,23?,25-;14?,15-,16+,17?,19+;12-,13-,16?,17?,18-;;/m010../s1. The van der Waals surface area contributed by atoms with Crippen LogP contribution in [-0.4, -0.2) is 262 Å². The van der Waals surface area contributed by atoms with E-state index in [1.165, 1.54) is 27.7 Å². The van der Waals surface area contributed by atoms with E-state index < -0.39 is 74.0 Å². The summed E-state index contributed by atoms with van der Waals surface area (Å²) in [4.78, 5) is 69.0. The number of aliphatic hydroxyl groups is 4. The smallest absolute Gasteiger partial charge is 0.303 e. The molecule has 11 N–H and O–H groups in total. The van der Waals surface area contributed by atoms with Crippen LogP contribution in [-0.2, 0) is 95.0 Å². The van der Waals surface area contributed by atoms with Gasteiger partial charge in [-0.3, -0.25) is 28.8 Å². The second-order valence-electron chi connectivity index (χ2n) is 21.3. The highest BCUT2D eigenvalue weighted by Crippen LogP contribution is 2.35. The Balaban J connectivity index is 0.000000697. The van der Waals surface area contributed by atoms with Crippen molar-refractivity contribution in [3.05, 3.63) is 71.8 Å². The molecule has 3 fully saturated rings. The molecule has 3 heterocycles. The summed E-state index contributed by atoms with van der Waals surface area (Å²) in [5.41, 5.74) is 6.53. The summed E-state index contributed by atoms with van der Waals surface area (Å²) < 4.78 is 87.3. The molecule has 0 aliphatic carbocycles. The summed E-state index contributed by atoms with van der Waals surface area (Å²) in [6, 6.07) is 17.9. The van der Waals surface area contributed by atoms with Gasteiger partial charge in [0.05, 0.1) is 118 Å². The van der Waals surface area contributed by atoms with Gasteiger partial charge in [0.2, 0.25) is 0 Å². The fourth-order valence-corrected chi connectivity index (χ4v) is 9.06. The van der Waals surface area contributed by atoms with Crippen LogP contribution in [0.15, 0.2) is 60.7 Å². The van der Waals surface area contributed by atoms with Gasteiger partial charge in [-0.1, -0.05) is 71.5 Å². The normalized spacial score (nSPS) is 25.5. The van der Waals surface area contributed by atoms with Crippen LogP contribution in [0.2, 0.25) is 0 Å². The number of nitrogens with one attached hydrogen (secondary N) is 2. The van der Waals surface area contributed by atoms with Gasteiger partial charge in [0.1, 0.15) is 37.6 Å². The molecule has 5 rings (SSSR count). The van der Waals surface area contributed by atoms with Crippen LogP contribution in [0.4, 0.5) is 0 Å². The average Bonchev–Trinajstić information content (AvgIpc) is 0.845. The van der Waals surface area contributed by atoms with Gasteiger partial charge in [-0.15, -0.1) is 0 Å². The molecule has 2 amide bonds. The summed E-state index contributed by atoms with van der Waals surface area (Å²) in [5.74, 6) is -1.96. The van der Waals surface area contributed by atoms with Gasteiger partial charge in [0.25, 0.3) is 11.8 Å². The third-order valence-electron chi connectivity index (χ3n) is 14.4. The molecule has 0 spiro atoms. The zero-order chi connectivity index (χ0) is 66.9. The molecular formula is C63H106N4O26. The third kappa shape index (κ3) is 34.2. The van der Waals surface area contributed by atoms with Crippen molar-refractivity contribution in [2.24, 2.45) is 29.4 Å². The Kier molecular flexibility index (Phi) is 46.0. The maximum Gasteiger partial charge on any atom is 0.303 e. The Morgan fingerprint density at radius 1 is 0.441 bits per heavy atom. The quantitative estimate of drug-likeness (QED) is 0.0268. The number of carbonyl (C=O) groups excluding carboxylic acids is 6. The topological polar surface area (TPSA) is 416 Å². The second-order valence-corrected chi connectivity index (χ2v) is 21.3. The number of rotatable bonds is 38. The van der Waals surface area contributed by atoms with Crippen molar-refractivity contribution in [1.82, 2.24) is 16.8 Å². The Morgan fingerprint density at radius 2 is 0.774 bits per heavy atom. The van der Waals surface area contributed by atoms with Crippen LogP contribution in [0, 0.1) is 23.7 Å². The summed E-state index contributed by atoms with van der Waals surface area (Å²) in [6.45, 7) is 19.1. The number of benzene rings is 2. The molecule has 0 saturated carbocycles. The lowest BCUT2D eigenvalue weighted by Gasteiger charge is -2.43. The lowest BCUT2D eigenvalue weighted by atomic mass is 9.83. The fourth-order valence-electron chi connectivity index (χ4n) is 9.06. The maximum atomic E-state index is 11.9. The molecule has 30 heteroatoms. The number of amides is 2. The van der Waals surface area contributed by atoms with E-state index in [2.05, 4.69) is 10.6 Å². The van der Waals surface area contributed by atoms with E-state index >= 15 is 0 Å². The zero-order valence-corrected chi connectivity index (χ0v) is 54.3. The maximum absolute atomic E-state index is 11.9. The summed E-state index contributed by atoms with van der Waals surface area (Å²) >= 11 is 0. The number of ether oxygens (including phenoxy) is 16. The SMILES string of the molecule is C.CC(=O)OCC1O[C@H](OCCOCCOCCN)C(OC(C)=O)[C@@H](C)[C@@H]1C.CC(=O)OCC1O[C@H](OCCOCCOCCNC(=O)c2ccccc2)C(OC(C)=O)[C@@H](C)[C@@H]1C.N.O=C(NCCOCCOCCO[C@H]1OC(CO)[C@@H](O)[C@H](O)C1O)c1ccccc1. The van der Waals surface area contributed by atoms with Crippen molar-refractivity contribution < 1.29 is 125 Å². The first-order valence-corrected chi connectivity index (χ1v) is 30.6.